The zero-order valence-corrected chi connectivity index (χ0v) is 17.3. The molecular formula is C21H17ClN4O2S. The van der Waals surface area contributed by atoms with Crippen LogP contribution in [-0.4, -0.2) is 40.2 Å². The second-order valence-electron chi connectivity index (χ2n) is 6.64. The fraction of sp³-hybridized carbons (Fsp3) is 0.0952. The summed E-state index contributed by atoms with van der Waals surface area (Å²) in [5.41, 5.74) is 3.40. The van der Waals surface area contributed by atoms with E-state index in [-0.39, 0.29) is 11.8 Å². The van der Waals surface area contributed by atoms with Crippen molar-refractivity contribution < 1.29 is 9.59 Å². The molecule has 4 rings (SSSR count). The van der Waals surface area contributed by atoms with Crippen molar-refractivity contribution in [2.24, 2.45) is 0 Å². The van der Waals surface area contributed by atoms with E-state index in [1.165, 1.54) is 11.3 Å². The number of benzene rings is 2. The molecular weight excluding hydrogens is 408 g/mol. The summed E-state index contributed by atoms with van der Waals surface area (Å²) in [6.45, 7) is 0. The summed E-state index contributed by atoms with van der Waals surface area (Å²) in [7, 11) is 3.44. The Bertz CT molecular complexity index is 1210. The Hall–Kier alpha value is -3.16. The number of nitrogens with zero attached hydrogens (tertiary/aromatic N) is 3. The fourth-order valence-electron chi connectivity index (χ4n) is 2.86. The molecule has 8 heteroatoms. The van der Waals surface area contributed by atoms with Gasteiger partial charge in [-0.3, -0.25) is 14.0 Å². The lowest BCUT2D eigenvalue weighted by atomic mass is 10.1. The van der Waals surface area contributed by atoms with Crippen LogP contribution in [0.4, 0.5) is 5.69 Å². The van der Waals surface area contributed by atoms with Gasteiger partial charge in [-0.15, -0.1) is 11.3 Å². The first-order chi connectivity index (χ1) is 13.9. The van der Waals surface area contributed by atoms with Crippen LogP contribution in [0.2, 0.25) is 5.02 Å². The minimum atomic E-state index is -0.227. The van der Waals surface area contributed by atoms with Gasteiger partial charge < -0.3 is 10.2 Å². The first kappa shape index (κ1) is 19.2. The van der Waals surface area contributed by atoms with Crippen molar-refractivity contribution in [3.63, 3.8) is 0 Å². The van der Waals surface area contributed by atoms with Crippen molar-refractivity contribution in [3.05, 3.63) is 76.4 Å². The van der Waals surface area contributed by atoms with Crippen LogP contribution in [0.15, 0.2) is 60.1 Å². The van der Waals surface area contributed by atoms with E-state index in [1.807, 2.05) is 35.8 Å². The molecule has 0 aliphatic heterocycles. The highest BCUT2D eigenvalue weighted by atomic mass is 35.5. The summed E-state index contributed by atoms with van der Waals surface area (Å²) < 4.78 is 1.80. The van der Waals surface area contributed by atoms with Gasteiger partial charge in [-0.25, -0.2) is 4.98 Å². The molecule has 2 aromatic heterocycles. The summed E-state index contributed by atoms with van der Waals surface area (Å²) in [4.78, 5) is 31.5. The number of halogens is 1. The van der Waals surface area contributed by atoms with Gasteiger partial charge in [0.15, 0.2) is 4.96 Å². The van der Waals surface area contributed by atoms with Crippen molar-refractivity contribution in [3.8, 4) is 11.3 Å². The van der Waals surface area contributed by atoms with Crippen molar-refractivity contribution in [1.29, 1.82) is 0 Å². The lowest BCUT2D eigenvalue weighted by Crippen LogP contribution is -2.22. The number of aromatic nitrogens is 2. The summed E-state index contributed by atoms with van der Waals surface area (Å²) in [5, 5.41) is 5.17. The second kappa shape index (κ2) is 7.69. The van der Waals surface area contributed by atoms with Gasteiger partial charge >= 0.3 is 0 Å². The highest BCUT2D eigenvalue weighted by Gasteiger charge is 2.16. The summed E-state index contributed by atoms with van der Waals surface area (Å²) in [5.74, 6) is -0.297. The molecule has 29 heavy (non-hydrogen) atoms. The van der Waals surface area contributed by atoms with Crippen molar-refractivity contribution in [2.45, 2.75) is 0 Å². The van der Waals surface area contributed by atoms with Gasteiger partial charge in [-0.05, 0) is 30.3 Å². The van der Waals surface area contributed by atoms with Gasteiger partial charge in [0, 0.05) is 47.5 Å². The number of hydrogen-bond donors (Lipinski definition) is 1. The molecule has 2 aromatic carbocycles. The van der Waals surface area contributed by atoms with E-state index in [2.05, 4.69) is 10.3 Å². The first-order valence-corrected chi connectivity index (χ1v) is 10.0. The number of carbonyl (C=O) groups excluding carboxylic acids is 2. The number of thiazole rings is 1. The molecule has 4 aromatic rings. The molecule has 0 bridgehead atoms. The molecule has 0 unspecified atom stereocenters. The summed E-state index contributed by atoms with van der Waals surface area (Å²) >= 11 is 7.36. The lowest BCUT2D eigenvalue weighted by molar-refractivity contribution is 0.0821. The van der Waals surface area contributed by atoms with Gasteiger partial charge in [-0.1, -0.05) is 29.8 Å². The highest BCUT2D eigenvalue weighted by Crippen LogP contribution is 2.25. The maximum atomic E-state index is 12.3. The molecule has 1 N–H and O–H groups in total. The van der Waals surface area contributed by atoms with Crippen molar-refractivity contribution >= 4 is 45.4 Å². The van der Waals surface area contributed by atoms with Gasteiger partial charge in [-0.2, -0.15) is 0 Å². The quantitative estimate of drug-likeness (QED) is 0.517. The monoisotopic (exact) mass is 424 g/mol. The Morgan fingerprint density at radius 1 is 1.14 bits per heavy atom. The van der Waals surface area contributed by atoms with Crippen LogP contribution in [0.1, 0.15) is 20.8 Å². The van der Waals surface area contributed by atoms with E-state index in [1.54, 1.807) is 47.7 Å². The van der Waals surface area contributed by atoms with Gasteiger partial charge in [0.2, 0.25) is 0 Å². The molecule has 2 amide bonds. The Labute approximate surface area is 176 Å². The Morgan fingerprint density at radius 2 is 1.90 bits per heavy atom. The second-order valence-corrected chi connectivity index (χ2v) is 7.91. The maximum Gasteiger partial charge on any atom is 0.271 e. The zero-order valence-electron chi connectivity index (χ0n) is 15.7. The summed E-state index contributed by atoms with van der Waals surface area (Å²) in [6, 6.07) is 14.2. The molecule has 0 spiro atoms. The zero-order chi connectivity index (χ0) is 20.5. The minimum Gasteiger partial charge on any atom is -0.343 e. The Kier molecular flexibility index (Phi) is 5.08. The number of amides is 2. The highest BCUT2D eigenvalue weighted by molar-refractivity contribution is 7.15. The molecule has 0 fully saturated rings. The third kappa shape index (κ3) is 3.87. The third-order valence-corrected chi connectivity index (χ3v) is 5.43. The number of anilines is 1. The van der Waals surface area contributed by atoms with Crippen molar-refractivity contribution in [1.82, 2.24) is 14.3 Å². The van der Waals surface area contributed by atoms with Crippen LogP contribution < -0.4 is 5.32 Å². The number of carbonyl (C=O) groups is 2. The molecule has 0 saturated carbocycles. The van der Waals surface area contributed by atoms with E-state index >= 15 is 0 Å². The standard InChI is InChI=1S/C21H17ClN4O2S/c1-25(2)20(28)18-12-29-21-24-17(11-26(18)21)13-6-8-16(9-7-13)23-19(27)14-4-3-5-15(22)10-14/h3-12H,1-2H3,(H,23,27). The van der Waals surface area contributed by atoms with Crippen molar-refractivity contribution in [2.75, 3.05) is 19.4 Å². The molecule has 2 heterocycles. The van der Waals surface area contributed by atoms with Gasteiger partial charge in [0.1, 0.15) is 5.69 Å². The number of hydrogen-bond acceptors (Lipinski definition) is 4. The molecule has 146 valence electrons. The van der Waals surface area contributed by atoms with Crippen LogP contribution in [-0.2, 0) is 0 Å². The average molecular weight is 425 g/mol. The molecule has 0 saturated heterocycles. The number of fused-ring (bicyclic) bond motifs is 1. The van der Waals surface area contributed by atoms with Gasteiger partial charge in [0.25, 0.3) is 11.8 Å². The van der Waals surface area contributed by atoms with Crippen LogP contribution in [0.25, 0.3) is 16.2 Å². The average Bonchev–Trinajstić information content (AvgIpc) is 3.28. The number of rotatable bonds is 4. The van der Waals surface area contributed by atoms with Gasteiger partial charge in [0.05, 0.1) is 5.69 Å². The fourth-order valence-corrected chi connectivity index (χ4v) is 3.90. The topological polar surface area (TPSA) is 66.7 Å². The SMILES string of the molecule is CN(C)C(=O)c1csc2nc(-c3ccc(NC(=O)c4cccc(Cl)c4)cc3)cn12. The number of nitrogens with one attached hydrogen (secondary N) is 1. The molecule has 6 nitrogen and oxygen atoms in total. The summed E-state index contributed by atoms with van der Waals surface area (Å²) in [6.07, 6.45) is 1.85. The Balaban J connectivity index is 1.55. The predicted molar refractivity (Wildman–Crippen MR) is 116 cm³/mol. The lowest BCUT2D eigenvalue weighted by Gasteiger charge is -2.08. The van der Waals surface area contributed by atoms with E-state index < -0.39 is 0 Å². The van der Waals surface area contributed by atoms with E-state index in [9.17, 15) is 9.59 Å². The van der Waals surface area contributed by atoms with E-state index in [0.717, 1.165) is 16.2 Å². The van der Waals surface area contributed by atoms with Crippen LogP contribution in [0.3, 0.4) is 0 Å². The Morgan fingerprint density at radius 3 is 2.59 bits per heavy atom. The van der Waals surface area contributed by atoms with E-state index in [0.29, 0.717) is 22.0 Å². The van der Waals surface area contributed by atoms with Crippen LogP contribution >= 0.6 is 22.9 Å². The van der Waals surface area contributed by atoms with Crippen LogP contribution in [0.5, 0.6) is 0 Å². The first-order valence-electron chi connectivity index (χ1n) is 8.78. The number of imidazole rings is 1. The largest absolute Gasteiger partial charge is 0.343 e. The maximum absolute atomic E-state index is 12.3. The predicted octanol–water partition coefficient (Wildman–Crippen LogP) is 4.67. The molecule has 0 aliphatic carbocycles. The van der Waals surface area contributed by atoms with Crippen LogP contribution in [0, 0.1) is 0 Å². The minimum absolute atomic E-state index is 0.0701. The third-order valence-electron chi connectivity index (χ3n) is 4.36. The van der Waals surface area contributed by atoms with E-state index in [4.69, 9.17) is 11.6 Å². The molecule has 0 atom stereocenters. The normalized spacial score (nSPS) is 10.9. The molecule has 0 radical (unpaired) electrons. The molecule has 0 aliphatic rings. The smallest absolute Gasteiger partial charge is 0.271 e.